The van der Waals surface area contributed by atoms with E-state index in [0.29, 0.717) is 5.82 Å². The summed E-state index contributed by atoms with van der Waals surface area (Å²) in [6.45, 7) is 8.03. The van der Waals surface area contributed by atoms with E-state index < -0.39 is 0 Å². The summed E-state index contributed by atoms with van der Waals surface area (Å²) in [5.74, 6) is 0.779. The Labute approximate surface area is 127 Å². The van der Waals surface area contributed by atoms with E-state index in [-0.39, 0.29) is 18.2 Å². The van der Waals surface area contributed by atoms with Crippen molar-refractivity contribution in [2.24, 2.45) is 0 Å². The largest absolute Gasteiger partial charge is 0.294 e. The van der Waals surface area contributed by atoms with Crippen LogP contribution in [0.5, 0.6) is 0 Å². The molecule has 0 N–H and O–H groups in total. The van der Waals surface area contributed by atoms with E-state index >= 15 is 0 Å². The standard InChI is InChI=1S/C15H18BrN3O/c1-9(2)19-14(17-8-18-19)7-13(20)12-5-10(3)15(16)11(4)6-12/h5-6,8-9H,7H2,1-4H3. The highest BCUT2D eigenvalue weighted by atomic mass is 79.9. The number of aromatic nitrogens is 3. The van der Waals surface area contributed by atoms with Gasteiger partial charge in [-0.3, -0.25) is 4.79 Å². The highest BCUT2D eigenvalue weighted by molar-refractivity contribution is 9.10. The molecule has 0 aliphatic heterocycles. The zero-order valence-electron chi connectivity index (χ0n) is 12.1. The zero-order valence-corrected chi connectivity index (χ0v) is 13.7. The van der Waals surface area contributed by atoms with Gasteiger partial charge < -0.3 is 0 Å². The Morgan fingerprint density at radius 2 is 1.90 bits per heavy atom. The summed E-state index contributed by atoms with van der Waals surface area (Å²) in [6, 6.07) is 4.03. The third-order valence-electron chi connectivity index (χ3n) is 3.21. The maximum atomic E-state index is 12.4. The molecule has 1 aromatic heterocycles. The van der Waals surface area contributed by atoms with Crippen molar-refractivity contribution < 1.29 is 4.79 Å². The van der Waals surface area contributed by atoms with Crippen LogP contribution in [0.3, 0.4) is 0 Å². The summed E-state index contributed by atoms with van der Waals surface area (Å²) in [6.07, 6.45) is 1.78. The number of rotatable bonds is 4. The topological polar surface area (TPSA) is 47.8 Å². The molecule has 0 fully saturated rings. The minimum absolute atomic E-state index is 0.0681. The molecule has 0 bridgehead atoms. The minimum atomic E-state index is 0.0681. The number of carbonyl (C=O) groups excluding carboxylic acids is 1. The van der Waals surface area contributed by atoms with Gasteiger partial charge in [0.15, 0.2) is 5.78 Å². The number of nitrogens with zero attached hydrogens (tertiary/aromatic N) is 3. The second-order valence-electron chi connectivity index (χ2n) is 5.24. The summed E-state index contributed by atoms with van der Waals surface area (Å²) in [7, 11) is 0. The molecule has 1 heterocycles. The quantitative estimate of drug-likeness (QED) is 0.801. The lowest BCUT2D eigenvalue weighted by Gasteiger charge is -2.10. The number of carbonyl (C=O) groups is 1. The first kappa shape index (κ1) is 14.9. The van der Waals surface area contributed by atoms with E-state index in [0.717, 1.165) is 21.2 Å². The third-order valence-corrected chi connectivity index (χ3v) is 4.46. The van der Waals surface area contributed by atoms with Crippen molar-refractivity contribution >= 4 is 21.7 Å². The fraction of sp³-hybridized carbons (Fsp3) is 0.400. The summed E-state index contributed by atoms with van der Waals surface area (Å²) >= 11 is 3.52. The van der Waals surface area contributed by atoms with Gasteiger partial charge in [0.25, 0.3) is 0 Å². The van der Waals surface area contributed by atoms with E-state index in [2.05, 4.69) is 26.0 Å². The molecule has 20 heavy (non-hydrogen) atoms. The second-order valence-corrected chi connectivity index (χ2v) is 6.03. The number of aryl methyl sites for hydroxylation is 2. The summed E-state index contributed by atoms with van der Waals surface area (Å²) in [5.41, 5.74) is 2.86. The van der Waals surface area contributed by atoms with Crippen molar-refractivity contribution in [3.05, 3.63) is 45.4 Å². The minimum Gasteiger partial charge on any atom is -0.294 e. The van der Waals surface area contributed by atoms with Crippen LogP contribution in [-0.2, 0) is 6.42 Å². The maximum absolute atomic E-state index is 12.4. The predicted molar refractivity (Wildman–Crippen MR) is 82.1 cm³/mol. The highest BCUT2D eigenvalue weighted by Crippen LogP contribution is 2.23. The number of hydrogen-bond acceptors (Lipinski definition) is 3. The highest BCUT2D eigenvalue weighted by Gasteiger charge is 2.15. The van der Waals surface area contributed by atoms with Gasteiger partial charge in [-0.15, -0.1) is 0 Å². The predicted octanol–water partition coefficient (Wildman–Crippen LogP) is 3.66. The Hall–Kier alpha value is -1.49. The molecule has 0 saturated carbocycles. The molecule has 0 spiro atoms. The molecule has 0 atom stereocenters. The molecule has 4 nitrogen and oxygen atoms in total. The molecule has 2 rings (SSSR count). The van der Waals surface area contributed by atoms with Crippen LogP contribution in [0.25, 0.3) is 0 Å². The van der Waals surface area contributed by atoms with Gasteiger partial charge in [0.05, 0.1) is 6.42 Å². The van der Waals surface area contributed by atoms with Crippen molar-refractivity contribution in [2.45, 2.75) is 40.2 Å². The molecule has 2 aromatic rings. The zero-order chi connectivity index (χ0) is 14.9. The van der Waals surface area contributed by atoms with Crippen molar-refractivity contribution in [3.8, 4) is 0 Å². The van der Waals surface area contributed by atoms with Gasteiger partial charge in [0.2, 0.25) is 0 Å². The summed E-state index contributed by atoms with van der Waals surface area (Å²) in [4.78, 5) is 16.6. The normalized spacial score (nSPS) is 11.1. The first-order valence-corrected chi connectivity index (χ1v) is 7.37. The van der Waals surface area contributed by atoms with E-state index in [9.17, 15) is 4.79 Å². The van der Waals surface area contributed by atoms with Crippen LogP contribution in [0.15, 0.2) is 22.9 Å². The van der Waals surface area contributed by atoms with Gasteiger partial charge in [-0.25, -0.2) is 9.67 Å². The summed E-state index contributed by atoms with van der Waals surface area (Å²) < 4.78 is 2.84. The monoisotopic (exact) mass is 335 g/mol. The number of hydrogen-bond donors (Lipinski definition) is 0. The fourth-order valence-corrected chi connectivity index (χ4v) is 2.41. The first-order chi connectivity index (χ1) is 9.40. The van der Waals surface area contributed by atoms with E-state index in [1.165, 1.54) is 6.33 Å². The molecule has 0 aliphatic carbocycles. The molecule has 0 radical (unpaired) electrons. The van der Waals surface area contributed by atoms with Crippen molar-refractivity contribution in [1.82, 2.24) is 14.8 Å². The molecular formula is C15H18BrN3O. The number of Topliss-reactive ketones (excluding diaryl/α,β-unsaturated/α-hetero) is 1. The number of halogens is 1. The lowest BCUT2D eigenvalue weighted by Crippen LogP contribution is -2.13. The molecule has 5 heteroatoms. The van der Waals surface area contributed by atoms with Gasteiger partial charge in [0, 0.05) is 16.1 Å². The van der Waals surface area contributed by atoms with Gasteiger partial charge in [-0.1, -0.05) is 15.9 Å². The van der Waals surface area contributed by atoms with Crippen LogP contribution < -0.4 is 0 Å². The Bertz CT molecular complexity index is 623. The maximum Gasteiger partial charge on any atom is 0.170 e. The van der Waals surface area contributed by atoms with Crippen LogP contribution in [0.4, 0.5) is 0 Å². The van der Waals surface area contributed by atoms with Crippen LogP contribution >= 0.6 is 15.9 Å². The third kappa shape index (κ3) is 2.98. The Kier molecular flexibility index (Phi) is 4.38. The van der Waals surface area contributed by atoms with Crippen LogP contribution in [-0.4, -0.2) is 20.5 Å². The molecular weight excluding hydrogens is 318 g/mol. The fourth-order valence-electron chi connectivity index (χ4n) is 2.18. The van der Waals surface area contributed by atoms with Crippen molar-refractivity contribution in [3.63, 3.8) is 0 Å². The molecule has 0 amide bonds. The SMILES string of the molecule is Cc1cc(C(=O)Cc2ncnn2C(C)C)cc(C)c1Br. The smallest absolute Gasteiger partial charge is 0.170 e. The Morgan fingerprint density at radius 3 is 2.45 bits per heavy atom. The average molecular weight is 336 g/mol. The van der Waals surface area contributed by atoms with Gasteiger partial charge in [-0.05, 0) is 51.0 Å². The second kappa shape index (κ2) is 5.87. The van der Waals surface area contributed by atoms with Crippen molar-refractivity contribution in [1.29, 1.82) is 0 Å². The molecule has 106 valence electrons. The van der Waals surface area contributed by atoms with Crippen molar-refractivity contribution in [2.75, 3.05) is 0 Å². The van der Waals surface area contributed by atoms with Crippen LogP contribution in [0.1, 0.15) is 47.2 Å². The number of benzene rings is 1. The van der Waals surface area contributed by atoms with Crippen LogP contribution in [0.2, 0.25) is 0 Å². The van der Waals surface area contributed by atoms with Crippen LogP contribution in [0, 0.1) is 13.8 Å². The van der Waals surface area contributed by atoms with E-state index in [1.807, 2.05) is 39.8 Å². The summed E-state index contributed by atoms with van der Waals surface area (Å²) in [5, 5.41) is 4.16. The molecule has 0 aliphatic rings. The van der Waals surface area contributed by atoms with Gasteiger partial charge in [-0.2, -0.15) is 5.10 Å². The first-order valence-electron chi connectivity index (χ1n) is 6.58. The van der Waals surface area contributed by atoms with Gasteiger partial charge in [0.1, 0.15) is 12.2 Å². The molecule has 0 unspecified atom stereocenters. The lowest BCUT2D eigenvalue weighted by atomic mass is 10.0. The van der Waals surface area contributed by atoms with E-state index in [4.69, 9.17) is 0 Å². The average Bonchev–Trinajstić information content (AvgIpc) is 2.83. The number of ketones is 1. The Balaban J connectivity index is 2.26. The van der Waals surface area contributed by atoms with Gasteiger partial charge >= 0.3 is 0 Å². The molecule has 0 saturated heterocycles. The molecule has 1 aromatic carbocycles. The lowest BCUT2D eigenvalue weighted by molar-refractivity contribution is 0.0989. The Morgan fingerprint density at radius 1 is 1.30 bits per heavy atom. The van der Waals surface area contributed by atoms with E-state index in [1.54, 1.807) is 4.68 Å².